The highest BCUT2D eigenvalue weighted by molar-refractivity contribution is 6.51. The molecule has 0 bridgehead atoms. The number of halogens is 4. The Balaban J connectivity index is 2.66. The zero-order chi connectivity index (χ0) is 14.9. The third-order valence-electron chi connectivity index (χ3n) is 2.90. The lowest BCUT2D eigenvalue weighted by molar-refractivity contribution is 0.410. The van der Waals surface area contributed by atoms with Crippen LogP contribution in [0.15, 0.2) is 24.3 Å². The molecule has 106 valence electrons. The van der Waals surface area contributed by atoms with Crippen molar-refractivity contribution in [2.75, 3.05) is 7.11 Å². The predicted octanol–water partition coefficient (Wildman–Crippen LogP) is 5.43. The van der Waals surface area contributed by atoms with Crippen molar-refractivity contribution in [2.45, 2.75) is 6.54 Å². The molecule has 0 radical (unpaired) electrons. The van der Waals surface area contributed by atoms with Gasteiger partial charge in [-0.25, -0.2) is 0 Å². The highest BCUT2D eigenvalue weighted by atomic mass is 35.5. The number of benzene rings is 2. The van der Waals surface area contributed by atoms with E-state index in [0.717, 1.165) is 11.1 Å². The van der Waals surface area contributed by atoms with Gasteiger partial charge in [0, 0.05) is 17.7 Å². The molecule has 0 aliphatic rings. The zero-order valence-electron chi connectivity index (χ0n) is 10.5. The first-order valence-corrected chi connectivity index (χ1v) is 7.21. The van der Waals surface area contributed by atoms with E-state index in [2.05, 4.69) is 0 Å². The molecule has 0 aliphatic heterocycles. The number of rotatable bonds is 3. The molecule has 2 nitrogen and oxygen atoms in total. The summed E-state index contributed by atoms with van der Waals surface area (Å²) < 4.78 is 5.24. The largest absolute Gasteiger partial charge is 0.496 e. The maximum absolute atomic E-state index is 6.24. The minimum atomic E-state index is 0.276. The predicted molar refractivity (Wildman–Crippen MR) is 86.4 cm³/mol. The van der Waals surface area contributed by atoms with Gasteiger partial charge in [0.15, 0.2) is 0 Å². The summed E-state index contributed by atoms with van der Waals surface area (Å²) in [4.78, 5) is 0. The van der Waals surface area contributed by atoms with Crippen LogP contribution in [-0.4, -0.2) is 7.11 Å². The van der Waals surface area contributed by atoms with Gasteiger partial charge in [-0.15, -0.1) is 0 Å². The van der Waals surface area contributed by atoms with Crippen molar-refractivity contribution in [1.29, 1.82) is 0 Å². The lowest BCUT2D eigenvalue weighted by Gasteiger charge is -2.13. The maximum atomic E-state index is 6.24. The number of methoxy groups -OCH3 is 1. The standard InChI is InChI=1S/C14H11Cl4NO/c1-20-11-3-2-7(4-8(11)6-19)12-9(15)5-10(16)13(17)14(12)18/h2-5H,6,19H2,1H3. The van der Waals surface area contributed by atoms with E-state index in [9.17, 15) is 0 Å². The average Bonchev–Trinajstić information content (AvgIpc) is 2.44. The minimum absolute atomic E-state index is 0.276. The van der Waals surface area contributed by atoms with Crippen LogP contribution in [0.5, 0.6) is 5.75 Å². The Hall–Kier alpha value is -0.640. The zero-order valence-corrected chi connectivity index (χ0v) is 13.5. The molecular weight excluding hydrogens is 340 g/mol. The van der Waals surface area contributed by atoms with Crippen LogP contribution in [0.1, 0.15) is 5.56 Å². The lowest BCUT2D eigenvalue weighted by Crippen LogP contribution is -2.00. The fraction of sp³-hybridized carbons (Fsp3) is 0.143. The monoisotopic (exact) mass is 349 g/mol. The smallest absolute Gasteiger partial charge is 0.123 e. The van der Waals surface area contributed by atoms with Crippen LogP contribution in [0, 0.1) is 0 Å². The van der Waals surface area contributed by atoms with Crippen molar-refractivity contribution < 1.29 is 4.74 Å². The van der Waals surface area contributed by atoms with Gasteiger partial charge in [0.25, 0.3) is 0 Å². The third kappa shape index (κ3) is 2.85. The highest BCUT2D eigenvalue weighted by Crippen LogP contribution is 2.43. The summed E-state index contributed by atoms with van der Waals surface area (Å²) in [6, 6.07) is 7.09. The summed E-state index contributed by atoms with van der Waals surface area (Å²) in [5.74, 6) is 0.712. The molecule has 0 atom stereocenters. The van der Waals surface area contributed by atoms with Crippen LogP contribution in [-0.2, 0) is 6.54 Å². The van der Waals surface area contributed by atoms with Crippen LogP contribution < -0.4 is 10.5 Å². The molecule has 2 aromatic carbocycles. The van der Waals surface area contributed by atoms with E-state index in [-0.39, 0.29) is 5.02 Å². The molecule has 0 unspecified atom stereocenters. The molecule has 0 heterocycles. The summed E-state index contributed by atoms with van der Waals surface area (Å²) >= 11 is 24.5. The van der Waals surface area contributed by atoms with Gasteiger partial charge in [0.1, 0.15) is 5.75 Å². The maximum Gasteiger partial charge on any atom is 0.123 e. The van der Waals surface area contributed by atoms with E-state index in [1.807, 2.05) is 18.2 Å². The summed E-state index contributed by atoms with van der Waals surface area (Å²) in [7, 11) is 1.59. The van der Waals surface area contributed by atoms with E-state index in [4.69, 9.17) is 56.9 Å². The quantitative estimate of drug-likeness (QED) is 0.591. The Morgan fingerprint density at radius 2 is 1.70 bits per heavy atom. The van der Waals surface area contributed by atoms with Crippen molar-refractivity contribution in [1.82, 2.24) is 0 Å². The molecule has 0 aromatic heterocycles. The van der Waals surface area contributed by atoms with Gasteiger partial charge in [-0.05, 0) is 23.8 Å². The average molecular weight is 351 g/mol. The van der Waals surface area contributed by atoms with Gasteiger partial charge in [-0.3, -0.25) is 0 Å². The molecule has 6 heteroatoms. The van der Waals surface area contributed by atoms with Crippen molar-refractivity contribution in [3.63, 3.8) is 0 Å². The normalized spacial score (nSPS) is 10.7. The van der Waals surface area contributed by atoms with Gasteiger partial charge < -0.3 is 10.5 Å². The summed E-state index contributed by atoms with van der Waals surface area (Å²) in [5, 5.41) is 1.34. The molecular formula is C14H11Cl4NO. The van der Waals surface area contributed by atoms with Crippen molar-refractivity contribution in [3.05, 3.63) is 49.9 Å². The van der Waals surface area contributed by atoms with E-state index in [1.165, 1.54) is 0 Å². The van der Waals surface area contributed by atoms with Crippen LogP contribution in [0.2, 0.25) is 20.1 Å². The number of nitrogens with two attached hydrogens (primary N) is 1. The van der Waals surface area contributed by atoms with E-state index in [1.54, 1.807) is 13.2 Å². The van der Waals surface area contributed by atoms with E-state index in [0.29, 0.717) is 32.9 Å². The first-order chi connectivity index (χ1) is 9.49. The first kappa shape index (κ1) is 15.7. The first-order valence-electron chi connectivity index (χ1n) is 5.70. The summed E-state index contributed by atoms with van der Waals surface area (Å²) in [6.07, 6.45) is 0. The molecule has 0 spiro atoms. The topological polar surface area (TPSA) is 35.2 Å². The van der Waals surface area contributed by atoms with Gasteiger partial charge in [-0.1, -0.05) is 52.5 Å². The Morgan fingerprint density at radius 1 is 1.00 bits per heavy atom. The molecule has 0 fully saturated rings. The Kier molecular flexibility index (Phi) is 5.05. The van der Waals surface area contributed by atoms with Crippen LogP contribution in [0.3, 0.4) is 0 Å². The number of ether oxygens (including phenoxy) is 1. The van der Waals surface area contributed by atoms with Gasteiger partial charge in [-0.2, -0.15) is 0 Å². The Labute approximate surface area is 137 Å². The van der Waals surface area contributed by atoms with Gasteiger partial charge in [0.05, 0.1) is 27.2 Å². The molecule has 0 saturated heterocycles. The SMILES string of the molecule is COc1ccc(-c2c(Cl)cc(Cl)c(Cl)c2Cl)cc1CN. The summed E-state index contributed by atoms with van der Waals surface area (Å²) in [6.45, 7) is 0.341. The number of hydrogen-bond donors (Lipinski definition) is 1. The summed E-state index contributed by atoms with van der Waals surface area (Å²) in [5.41, 5.74) is 7.99. The Bertz CT molecular complexity index is 658. The van der Waals surface area contributed by atoms with Crippen molar-refractivity contribution in [3.8, 4) is 16.9 Å². The molecule has 2 rings (SSSR count). The van der Waals surface area contributed by atoms with E-state index >= 15 is 0 Å². The van der Waals surface area contributed by atoms with Crippen molar-refractivity contribution in [2.24, 2.45) is 5.73 Å². The fourth-order valence-corrected chi connectivity index (χ4v) is 3.06. The second kappa shape index (κ2) is 6.42. The highest BCUT2D eigenvalue weighted by Gasteiger charge is 2.16. The van der Waals surface area contributed by atoms with Crippen LogP contribution in [0.4, 0.5) is 0 Å². The Morgan fingerprint density at radius 3 is 2.30 bits per heavy atom. The molecule has 0 saturated carbocycles. The number of hydrogen-bond acceptors (Lipinski definition) is 2. The second-order valence-corrected chi connectivity index (χ2v) is 5.64. The van der Waals surface area contributed by atoms with Gasteiger partial charge in [0.2, 0.25) is 0 Å². The molecule has 0 amide bonds. The van der Waals surface area contributed by atoms with Crippen LogP contribution in [0.25, 0.3) is 11.1 Å². The lowest BCUT2D eigenvalue weighted by atomic mass is 10.0. The van der Waals surface area contributed by atoms with Crippen LogP contribution >= 0.6 is 46.4 Å². The van der Waals surface area contributed by atoms with E-state index < -0.39 is 0 Å². The third-order valence-corrected chi connectivity index (χ3v) is 4.46. The molecule has 2 aromatic rings. The fourth-order valence-electron chi connectivity index (χ4n) is 1.92. The molecule has 20 heavy (non-hydrogen) atoms. The van der Waals surface area contributed by atoms with Gasteiger partial charge >= 0.3 is 0 Å². The van der Waals surface area contributed by atoms with Crippen molar-refractivity contribution >= 4 is 46.4 Å². The molecule has 0 aliphatic carbocycles. The second-order valence-electron chi connectivity index (χ2n) is 4.07. The minimum Gasteiger partial charge on any atom is -0.496 e. The molecule has 2 N–H and O–H groups in total.